The number of benzene rings is 1. The van der Waals surface area contributed by atoms with E-state index in [1.165, 1.54) is 10.9 Å². The van der Waals surface area contributed by atoms with Gasteiger partial charge in [-0.15, -0.1) is 0 Å². The quantitative estimate of drug-likeness (QED) is 0.804. The summed E-state index contributed by atoms with van der Waals surface area (Å²) >= 11 is 0. The Morgan fingerprint density at radius 2 is 1.96 bits per heavy atom. The normalized spacial score (nSPS) is 16.4. The van der Waals surface area contributed by atoms with Gasteiger partial charge < -0.3 is 9.47 Å². The van der Waals surface area contributed by atoms with Crippen LogP contribution in [0.3, 0.4) is 0 Å². The Morgan fingerprint density at radius 3 is 2.50 bits per heavy atom. The number of piperidine rings is 1. The maximum atomic E-state index is 13.3. The van der Waals surface area contributed by atoms with E-state index >= 15 is 0 Å². The lowest BCUT2D eigenvalue weighted by Gasteiger charge is -2.30. The third-order valence-electron chi connectivity index (χ3n) is 4.47. The molecule has 0 atom stereocenters. The summed E-state index contributed by atoms with van der Waals surface area (Å²) < 4.78 is 41.4. The zero-order valence-corrected chi connectivity index (χ0v) is 13.3. The first-order valence-corrected chi connectivity index (χ1v) is 7.80. The largest absolute Gasteiger partial charge is 0.418 e. The molecule has 0 N–H and O–H groups in total. The fraction of sp³-hybridized carbons (Fsp3) is 0.412. The van der Waals surface area contributed by atoms with Crippen LogP contribution in [0, 0.1) is 6.92 Å². The van der Waals surface area contributed by atoms with Gasteiger partial charge in [0.15, 0.2) is 0 Å². The number of likely N-dealkylation sites (tertiary alicyclic amines) is 1. The Balaban J connectivity index is 1.97. The van der Waals surface area contributed by atoms with Gasteiger partial charge in [0.25, 0.3) is 0 Å². The monoisotopic (exact) mass is 337 g/mol. The van der Waals surface area contributed by atoms with Crippen LogP contribution in [0.25, 0.3) is 5.69 Å². The number of rotatable bonds is 3. The topological polar surface area (TPSA) is 38.1 Å². The number of halogens is 3. The first kappa shape index (κ1) is 16.5. The van der Waals surface area contributed by atoms with Crippen molar-refractivity contribution in [2.45, 2.75) is 31.9 Å². The van der Waals surface area contributed by atoms with Crippen LogP contribution in [0.1, 0.15) is 35.6 Å². The van der Waals surface area contributed by atoms with Crippen LogP contribution in [0.15, 0.2) is 30.7 Å². The molecular weight excluding hydrogens is 319 g/mol. The molecule has 1 saturated heterocycles. The summed E-state index contributed by atoms with van der Waals surface area (Å²) in [6, 6.07) is 4.30. The van der Waals surface area contributed by atoms with Crippen LogP contribution >= 0.6 is 0 Å². The molecule has 1 aromatic carbocycles. The lowest BCUT2D eigenvalue weighted by atomic mass is 9.88. The zero-order chi connectivity index (χ0) is 17.3. The molecule has 3 rings (SSSR count). The molecule has 1 aliphatic heterocycles. The minimum absolute atomic E-state index is 0.0958. The molecule has 1 aliphatic rings. The van der Waals surface area contributed by atoms with E-state index in [0.717, 1.165) is 30.9 Å². The highest BCUT2D eigenvalue weighted by Gasteiger charge is 2.34. The van der Waals surface area contributed by atoms with Gasteiger partial charge in [-0.2, -0.15) is 13.2 Å². The number of aromatic nitrogens is 2. The van der Waals surface area contributed by atoms with Crippen molar-refractivity contribution in [1.29, 1.82) is 0 Å². The van der Waals surface area contributed by atoms with Gasteiger partial charge in [-0.3, -0.25) is 4.79 Å². The van der Waals surface area contributed by atoms with Crippen LogP contribution in [0.4, 0.5) is 13.2 Å². The second kappa shape index (κ2) is 6.30. The summed E-state index contributed by atoms with van der Waals surface area (Å²) in [5.74, 6) is 0.159. The molecule has 0 radical (unpaired) electrons. The number of hydrogen-bond acceptors (Lipinski definition) is 2. The molecule has 2 aromatic rings. The van der Waals surface area contributed by atoms with Crippen molar-refractivity contribution in [1.82, 2.24) is 14.5 Å². The van der Waals surface area contributed by atoms with E-state index in [1.807, 2.05) is 0 Å². The standard InChI is InChI=1S/C17H18F3N3O/c1-12-9-23(10-21-12)16-8-14(2-3-15(16)17(18,19)20)13-4-6-22(11-24)7-5-13/h2-3,8-11,13H,4-7H2,1H3. The van der Waals surface area contributed by atoms with Gasteiger partial charge in [0.2, 0.25) is 6.41 Å². The van der Waals surface area contributed by atoms with E-state index in [4.69, 9.17) is 0 Å². The first-order chi connectivity index (χ1) is 11.4. The predicted molar refractivity (Wildman–Crippen MR) is 82.9 cm³/mol. The van der Waals surface area contributed by atoms with Crippen LogP contribution in [0.5, 0.6) is 0 Å². The Labute approximate surface area is 137 Å². The summed E-state index contributed by atoms with van der Waals surface area (Å²) in [5, 5.41) is 0. The van der Waals surface area contributed by atoms with Gasteiger partial charge in [0, 0.05) is 19.3 Å². The van der Waals surface area contributed by atoms with Crippen molar-refractivity contribution in [2.75, 3.05) is 13.1 Å². The number of alkyl halides is 3. The van der Waals surface area contributed by atoms with Crippen molar-refractivity contribution in [3.8, 4) is 5.69 Å². The van der Waals surface area contributed by atoms with Crippen molar-refractivity contribution < 1.29 is 18.0 Å². The van der Waals surface area contributed by atoms with Crippen molar-refractivity contribution in [3.05, 3.63) is 47.5 Å². The molecule has 1 fully saturated rings. The maximum absolute atomic E-state index is 13.3. The van der Waals surface area contributed by atoms with E-state index in [1.54, 1.807) is 30.2 Å². The molecule has 2 heterocycles. The zero-order valence-electron chi connectivity index (χ0n) is 13.3. The second-order valence-electron chi connectivity index (χ2n) is 6.11. The minimum atomic E-state index is -4.42. The van der Waals surface area contributed by atoms with Crippen LogP contribution < -0.4 is 0 Å². The number of carbonyl (C=O) groups is 1. The molecule has 0 aliphatic carbocycles. The number of amides is 1. The Morgan fingerprint density at radius 1 is 1.25 bits per heavy atom. The second-order valence-corrected chi connectivity index (χ2v) is 6.11. The smallest absolute Gasteiger partial charge is 0.345 e. The molecule has 24 heavy (non-hydrogen) atoms. The van der Waals surface area contributed by atoms with Crippen molar-refractivity contribution >= 4 is 6.41 Å². The summed E-state index contributed by atoms with van der Waals surface area (Å²) in [6.07, 6.45) is 0.899. The van der Waals surface area contributed by atoms with E-state index < -0.39 is 11.7 Å². The van der Waals surface area contributed by atoms with Crippen molar-refractivity contribution in [2.24, 2.45) is 0 Å². The molecule has 0 spiro atoms. The molecule has 0 unspecified atom stereocenters. The maximum Gasteiger partial charge on any atom is 0.418 e. The van der Waals surface area contributed by atoms with E-state index in [0.29, 0.717) is 18.8 Å². The summed E-state index contributed by atoms with van der Waals surface area (Å²) in [7, 11) is 0. The molecule has 0 bridgehead atoms. The van der Waals surface area contributed by atoms with Crippen LogP contribution in [-0.2, 0) is 11.0 Å². The van der Waals surface area contributed by atoms with Gasteiger partial charge in [0.05, 0.1) is 23.3 Å². The average Bonchev–Trinajstić information content (AvgIpc) is 3.00. The summed E-state index contributed by atoms with van der Waals surface area (Å²) in [5.41, 5.74) is 0.954. The minimum Gasteiger partial charge on any atom is -0.345 e. The fourth-order valence-electron chi connectivity index (χ4n) is 3.15. The highest BCUT2D eigenvalue weighted by atomic mass is 19.4. The molecule has 7 heteroatoms. The van der Waals surface area contributed by atoms with Crippen LogP contribution in [-0.4, -0.2) is 34.0 Å². The number of hydrogen-bond donors (Lipinski definition) is 0. The molecule has 4 nitrogen and oxygen atoms in total. The van der Waals surface area contributed by atoms with E-state index in [2.05, 4.69) is 4.98 Å². The Bertz CT molecular complexity index is 731. The molecular formula is C17H18F3N3O. The van der Waals surface area contributed by atoms with Crippen molar-refractivity contribution in [3.63, 3.8) is 0 Å². The molecule has 1 amide bonds. The average molecular weight is 337 g/mol. The Kier molecular flexibility index (Phi) is 4.34. The number of imidazole rings is 1. The van der Waals surface area contributed by atoms with E-state index in [-0.39, 0.29) is 11.6 Å². The number of carbonyl (C=O) groups excluding carboxylic acids is 1. The number of nitrogens with zero attached hydrogens (tertiary/aromatic N) is 3. The first-order valence-electron chi connectivity index (χ1n) is 7.80. The predicted octanol–water partition coefficient (Wildman–Crippen LogP) is 3.54. The van der Waals surface area contributed by atoms with Gasteiger partial charge >= 0.3 is 6.18 Å². The fourth-order valence-corrected chi connectivity index (χ4v) is 3.15. The highest BCUT2D eigenvalue weighted by Crippen LogP contribution is 2.37. The summed E-state index contributed by atoms with van der Waals surface area (Å²) in [6.45, 7) is 3.01. The highest BCUT2D eigenvalue weighted by molar-refractivity contribution is 5.49. The van der Waals surface area contributed by atoms with Crippen LogP contribution in [0.2, 0.25) is 0 Å². The third-order valence-corrected chi connectivity index (χ3v) is 4.47. The Hall–Kier alpha value is -2.31. The lowest BCUT2D eigenvalue weighted by Crippen LogP contribution is -2.31. The molecule has 0 saturated carbocycles. The van der Waals surface area contributed by atoms with Gasteiger partial charge in [-0.25, -0.2) is 4.98 Å². The number of aryl methyl sites for hydroxylation is 1. The lowest BCUT2D eigenvalue weighted by molar-refractivity contribution is -0.137. The summed E-state index contributed by atoms with van der Waals surface area (Å²) in [4.78, 5) is 16.5. The third kappa shape index (κ3) is 3.29. The molecule has 1 aromatic heterocycles. The van der Waals surface area contributed by atoms with Gasteiger partial charge in [0.1, 0.15) is 0 Å². The molecule has 128 valence electrons. The van der Waals surface area contributed by atoms with Gasteiger partial charge in [-0.1, -0.05) is 6.07 Å². The van der Waals surface area contributed by atoms with E-state index in [9.17, 15) is 18.0 Å². The van der Waals surface area contributed by atoms with Gasteiger partial charge in [-0.05, 0) is 43.4 Å². The SMILES string of the molecule is Cc1cn(-c2cc(C3CCN(C=O)CC3)ccc2C(F)(F)F)cn1.